The van der Waals surface area contributed by atoms with E-state index in [0.29, 0.717) is 28.3 Å². The second-order valence-corrected chi connectivity index (χ2v) is 8.01. The van der Waals surface area contributed by atoms with Crippen LogP contribution in [0.5, 0.6) is 11.5 Å². The van der Waals surface area contributed by atoms with Crippen LogP contribution in [0.4, 0.5) is 0 Å². The fourth-order valence-electron chi connectivity index (χ4n) is 3.47. The van der Waals surface area contributed by atoms with E-state index >= 15 is 0 Å². The molecule has 1 N–H and O–H groups in total. The molecule has 1 aliphatic heterocycles. The Balaban J connectivity index is 2.13. The summed E-state index contributed by atoms with van der Waals surface area (Å²) < 4.78 is 17.5. The van der Waals surface area contributed by atoms with Gasteiger partial charge in [0.1, 0.15) is 12.5 Å². The fraction of sp³-hybridized carbons (Fsp3) is 0.292. The van der Waals surface area contributed by atoms with Gasteiger partial charge in [0, 0.05) is 4.47 Å². The average Bonchev–Trinajstić information content (AvgIpc) is 2.79. The molecule has 0 radical (unpaired) electrons. The molecule has 32 heavy (non-hydrogen) atoms. The van der Waals surface area contributed by atoms with Crippen LogP contribution < -0.4 is 14.8 Å². The minimum Gasteiger partial charge on any atom is -0.490 e. The van der Waals surface area contributed by atoms with E-state index in [0.717, 1.165) is 11.1 Å². The lowest BCUT2D eigenvalue weighted by atomic mass is 9.84. The summed E-state index contributed by atoms with van der Waals surface area (Å²) in [7, 11) is 0. The van der Waals surface area contributed by atoms with E-state index in [1.807, 2.05) is 43.3 Å². The molecular formula is C24H23BrN2O4S. The lowest BCUT2D eigenvalue weighted by Gasteiger charge is -2.33. The number of halogens is 1. The molecule has 0 aromatic heterocycles. The van der Waals surface area contributed by atoms with Crippen molar-refractivity contribution in [2.75, 3.05) is 19.8 Å². The molecule has 2 aromatic carbocycles. The van der Waals surface area contributed by atoms with Gasteiger partial charge in [-0.05, 0) is 49.3 Å². The fourth-order valence-corrected chi connectivity index (χ4v) is 4.26. The van der Waals surface area contributed by atoms with Crippen molar-refractivity contribution in [3.05, 3.63) is 58.1 Å². The first-order valence-corrected chi connectivity index (χ1v) is 11.3. The molecule has 166 valence electrons. The van der Waals surface area contributed by atoms with Crippen molar-refractivity contribution in [3.63, 3.8) is 0 Å². The van der Waals surface area contributed by atoms with Crippen molar-refractivity contribution in [1.29, 1.82) is 0 Å². The first-order chi connectivity index (χ1) is 15.5. The highest BCUT2D eigenvalue weighted by atomic mass is 79.9. The summed E-state index contributed by atoms with van der Waals surface area (Å²) in [5.41, 5.74) is 2.11. The number of thiocarbonyl (C=S) groups is 1. The van der Waals surface area contributed by atoms with Gasteiger partial charge in [-0.25, -0.2) is 4.99 Å². The maximum Gasteiger partial charge on any atom is 0.317 e. The Bertz CT molecular complexity index is 1070. The number of hydrogen-bond acceptors (Lipinski definition) is 5. The van der Waals surface area contributed by atoms with Crippen LogP contribution in [0.2, 0.25) is 0 Å². The quantitative estimate of drug-likeness (QED) is 0.318. The van der Waals surface area contributed by atoms with Gasteiger partial charge in [-0.2, -0.15) is 0 Å². The number of rotatable bonds is 8. The van der Waals surface area contributed by atoms with Crippen LogP contribution in [0.3, 0.4) is 0 Å². The van der Waals surface area contributed by atoms with Crippen molar-refractivity contribution in [2.24, 2.45) is 10.9 Å². The summed E-state index contributed by atoms with van der Waals surface area (Å²) in [6.45, 7) is 4.44. The van der Waals surface area contributed by atoms with Crippen molar-refractivity contribution >= 4 is 44.9 Å². The van der Waals surface area contributed by atoms with E-state index in [-0.39, 0.29) is 18.3 Å². The van der Waals surface area contributed by atoms with Gasteiger partial charge in [0.25, 0.3) is 0 Å². The number of nitrogens with zero attached hydrogens (tertiary/aromatic N) is 1. The predicted octanol–water partition coefficient (Wildman–Crippen LogP) is 4.46. The van der Waals surface area contributed by atoms with Gasteiger partial charge in [-0.3, -0.25) is 4.79 Å². The molecule has 1 aliphatic rings. The number of carbonyl (C=O) groups excluding carboxylic acids is 1. The second-order valence-electron chi connectivity index (χ2n) is 6.77. The van der Waals surface area contributed by atoms with E-state index < -0.39 is 17.9 Å². The maximum atomic E-state index is 13.1. The minimum absolute atomic E-state index is 0.105. The second kappa shape index (κ2) is 11.1. The molecular weight excluding hydrogens is 492 g/mol. The van der Waals surface area contributed by atoms with Crippen LogP contribution in [0.25, 0.3) is 0 Å². The number of carbonyl (C=O) groups is 1. The summed E-state index contributed by atoms with van der Waals surface area (Å²) in [5, 5.41) is 3.46. The number of hydrogen-bond donors (Lipinski definition) is 1. The van der Waals surface area contributed by atoms with Crippen LogP contribution in [-0.2, 0) is 9.53 Å². The molecule has 0 bridgehead atoms. The maximum absolute atomic E-state index is 13.1. The molecule has 0 fully saturated rings. The molecule has 0 spiro atoms. The number of esters is 1. The van der Waals surface area contributed by atoms with Crippen molar-refractivity contribution in [3.8, 4) is 23.8 Å². The predicted molar refractivity (Wildman–Crippen MR) is 131 cm³/mol. The van der Waals surface area contributed by atoms with Crippen molar-refractivity contribution in [2.45, 2.75) is 19.9 Å². The van der Waals surface area contributed by atoms with Gasteiger partial charge in [-0.15, -0.1) is 6.42 Å². The van der Waals surface area contributed by atoms with Crippen molar-refractivity contribution < 1.29 is 19.0 Å². The Morgan fingerprint density at radius 3 is 2.56 bits per heavy atom. The zero-order chi connectivity index (χ0) is 23.1. The molecule has 2 atom stereocenters. The first-order valence-electron chi connectivity index (χ1n) is 10.1. The van der Waals surface area contributed by atoms with Crippen molar-refractivity contribution in [1.82, 2.24) is 5.32 Å². The number of aliphatic imine (C=N–C) groups is 1. The zero-order valence-corrected chi connectivity index (χ0v) is 20.2. The Hall–Kier alpha value is -2.89. The van der Waals surface area contributed by atoms with E-state index in [1.54, 1.807) is 13.0 Å². The average molecular weight is 515 g/mol. The van der Waals surface area contributed by atoms with E-state index in [1.165, 1.54) is 0 Å². The summed E-state index contributed by atoms with van der Waals surface area (Å²) in [6, 6.07) is 12.5. The van der Waals surface area contributed by atoms with Gasteiger partial charge in [0.2, 0.25) is 0 Å². The van der Waals surface area contributed by atoms with Crippen LogP contribution in [0.15, 0.2) is 51.9 Å². The largest absolute Gasteiger partial charge is 0.490 e. The SMILES string of the molecule is C#CCOc1cc(Br)c(C2NC(=S)N=C(c3ccccc3)C2C(=O)OCC)cc1OCC. The monoisotopic (exact) mass is 514 g/mol. The third-order valence-electron chi connectivity index (χ3n) is 4.75. The Kier molecular flexibility index (Phi) is 8.26. The van der Waals surface area contributed by atoms with Crippen LogP contribution >= 0.6 is 28.1 Å². The highest BCUT2D eigenvalue weighted by molar-refractivity contribution is 9.10. The van der Waals surface area contributed by atoms with Gasteiger partial charge >= 0.3 is 5.97 Å². The molecule has 0 aliphatic carbocycles. The van der Waals surface area contributed by atoms with Gasteiger partial charge in [-0.1, -0.05) is 52.2 Å². The minimum atomic E-state index is -0.729. The third kappa shape index (κ3) is 5.29. The normalized spacial score (nSPS) is 17.6. The Morgan fingerprint density at radius 2 is 1.91 bits per heavy atom. The topological polar surface area (TPSA) is 69.2 Å². The number of terminal acetylenes is 1. The van der Waals surface area contributed by atoms with Crippen LogP contribution in [-0.4, -0.2) is 36.6 Å². The molecule has 2 unspecified atom stereocenters. The van der Waals surface area contributed by atoms with Gasteiger partial charge in [0.05, 0.1) is 25.0 Å². The zero-order valence-electron chi connectivity index (χ0n) is 17.8. The first kappa shape index (κ1) is 23.8. The Morgan fingerprint density at radius 1 is 1.19 bits per heavy atom. The van der Waals surface area contributed by atoms with Gasteiger partial charge in [0.15, 0.2) is 16.6 Å². The molecule has 6 nitrogen and oxygen atoms in total. The highest BCUT2D eigenvalue weighted by Crippen LogP contribution is 2.40. The number of nitrogens with one attached hydrogen (secondary N) is 1. The summed E-state index contributed by atoms with van der Waals surface area (Å²) in [5.74, 6) is 2.34. The standard InChI is InChI=1S/C24H23BrN2O4S/c1-4-12-31-19-14-17(25)16(13-18(19)29-5-2)22-20(23(28)30-6-3)21(26-24(32)27-22)15-10-8-7-9-11-15/h1,7-11,13-14,20,22H,5-6,12H2,2-3H3,(H,27,32). The molecule has 2 aromatic rings. The van der Waals surface area contributed by atoms with Gasteiger partial charge < -0.3 is 19.5 Å². The van der Waals surface area contributed by atoms with E-state index in [4.69, 9.17) is 32.9 Å². The Labute approximate surface area is 201 Å². The lowest BCUT2D eigenvalue weighted by Crippen LogP contribution is -2.45. The third-order valence-corrected chi connectivity index (χ3v) is 5.64. The number of benzene rings is 2. The molecule has 0 saturated heterocycles. The molecule has 0 saturated carbocycles. The van der Waals surface area contributed by atoms with Crippen LogP contribution in [0.1, 0.15) is 31.0 Å². The van der Waals surface area contributed by atoms with E-state index in [9.17, 15) is 4.79 Å². The molecule has 8 heteroatoms. The molecule has 1 heterocycles. The smallest absolute Gasteiger partial charge is 0.317 e. The number of ether oxygens (including phenoxy) is 3. The highest BCUT2D eigenvalue weighted by Gasteiger charge is 2.40. The molecule has 0 amide bonds. The van der Waals surface area contributed by atoms with E-state index in [2.05, 4.69) is 32.2 Å². The summed E-state index contributed by atoms with van der Waals surface area (Å²) in [4.78, 5) is 17.6. The summed E-state index contributed by atoms with van der Waals surface area (Å²) in [6.07, 6.45) is 5.33. The summed E-state index contributed by atoms with van der Waals surface area (Å²) >= 11 is 9.04. The molecule has 3 rings (SSSR count). The lowest BCUT2D eigenvalue weighted by molar-refractivity contribution is -0.146. The van der Waals surface area contributed by atoms with Crippen LogP contribution in [0, 0.1) is 18.3 Å².